The van der Waals surface area contributed by atoms with Crippen molar-refractivity contribution in [1.82, 2.24) is 4.98 Å². The van der Waals surface area contributed by atoms with Crippen LogP contribution in [0.1, 0.15) is 12.6 Å². The first-order valence-electron chi connectivity index (χ1n) is 3.48. The molecule has 0 fully saturated rings. The zero-order valence-electron chi connectivity index (χ0n) is 6.33. The highest BCUT2D eigenvalue weighted by molar-refractivity contribution is 5.85. The third-order valence-corrected chi connectivity index (χ3v) is 1.81. The van der Waals surface area contributed by atoms with Gasteiger partial charge < -0.3 is 0 Å². The summed E-state index contributed by atoms with van der Waals surface area (Å²) in [6, 6.07) is 1.90. The molecule has 0 atom stereocenters. The summed E-state index contributed by atoms with van der Waals surface area (Å²) in [5.41, 5.74) is 1.95. The van der Waals surface area contributed by atoms with Gasteiger partial charge in [0.1, 0.15) is 0 Å². The van der Waals surface area contributed by atoms with Crippen molar-refractivity contribution in [3.8, 4) is 0 Å². The van der Waals surface area contributed by atoms with Crippen molar-refractivity contribution in [2.75, 3.05) is 0 Å². The molecule has 0 bridgehead atoms. The molecular weight excluding hydrogens is 136 g/mol. The first-order valence-corrected chi connectivity index (χ1v) is 3.48. The van der Waals surface area contributed by atoms with Crippen molar-refractivity contribution < 1.29 is 0 Å². The van der Waals surface area contributed by atoms with Gasteiger partial charge >= 0.3 is 0 Å². The van der Waals surface area contributed by atoms with Crippen molar-refractivity contribution >= 4 is 18.5 Å². The zero-order chi connectivity index (χ0) is 7.84. The molecule has 1 aliphatic heterocycles. The number of aliphatic imine (C=N–C) groups is 1. The van der Waals surface area contributed by atoms with Gasteiger partial charge in [-0.3, -0.25) is 9.98 Å². The largest absolute Gasteiger partial charge is 0.259 e. The molecule has 0 aliphatic carbocycles. The summed E-state index contributed by atoms with van der Waals surface area (Å²) in [5, 5.41) is 2.09. The Labute approximate surface area is 64.6 Å². The molecule has 1 aromatic heterocycles. The lowest BCUT2D eigenvalue weighted by Crippen LogP contribution is -2.27. The van der Waals surface area contributed by atoms with Crippen LogP contribution in [0.4, 0.5) is 0 Å². The molecule has 2 rings (SSSR count). The van der Waals surface area contributed by atoms with Gasteiger partial charge in [-0.25, -0.2) is 0 Å². The fourth-order valence-electron chi connectivity index (χ4n) is 1.26. The van der Waals surface area contributed by atoms with E-state index in [9.17, 15) is 0 Å². The maximum atomic E-state index is 4.16. The van der Waals surface area contributed by atoms with Crippen LogP contribution in [0.5, 0.6) is 0 Å². The monoisotopic (exact) mass is 144 g/mol. The molecule has 0 unspecified atom stereocenters. The number of hydrogen-bond donors (Lipinski definition) is 0. The van der Waals surface area contributed by atoms with Gasteiger partial charge in [0.2, 0.25) is 0 Å². The molecule has 2 heteroatoms. The molecular formula is C9H8N2. The molecule has 0 saturated heterocycles. The normalized spacial score (nSPS) is 13.7. The minimum Gasteiger partial charge on any atom is -0.259 e. The van der Waals surface area contributed by atoms with Crippen LogP contribution in [-0.4, -0.2) is 11.2 Å². The van der Waals surface area contributed by atoms with Crippen LogP contribution in [0, 0.1) is 0 Å². The quantitative estimate of drug-likeness (QED) is 0.505. The van der Waals surface area contributed by atoms with Crippen molar-refractivity contribution in [2.45, 2.75) is 6.92 Å². The third kappa shape index (κ3) is 0.792. The first-order chi connectivity index (χ1) is 5.29. The number of aromatic nitrogens is 1. The highest BCUT2D eigenvalue weighted by Gasteiger charge is 2.02. The van der Waals surface area contributed by atoms with Gasteiger partial charge in [-0.05, 0) is 18.2 Å². The van der Waals surface area contributed by atoms with Crippen molar-refractivity contribution in [1.29, 1.82) is 0 Å². The van der Waals surface area contributed by atoms with Gasteiger partial charge in [0.25, 0.3) is 0 Å². The fourth-order valence-corrected chi connectivity index (χ4v) is 1.26. The van der Waals surface area contributed by atoms with Crippen LogP contribution < -0.4 is 10.4 Å². The van der Waals surface area contributed by atoms with E-state index in [1.54, 1.807) is 12.4 Å². The standard InChI is InChI=1S/C9H8N2/c1-6-3-4-10-8-5-11-7(2)9(6)8/h3-5H,1H2,2H3. The number of nitrogens with zero attached hydrogens (tertiary/aromatic N) is 2. The van der Waals surface area contributed by atoms with Crippen LogP contribution in [0.3, 0.4) is 0 Å². The van der Waals surface area contributed by atoms with Gasteiger partial charge in [-0.15, -0.1) is 0 Å². The number of hydrogen-bond acceptors (Lipinski definition) is 2. The second kappa shape index (κ2) is 2.02. The summed E-state index contributed by atoms with van der Waals surface area (Å²) in [6.07, 6.45) is 3.53. The van der Waals surface area contributed by atoms with E-state index in [2.05, 4.69) is 16.6 Å². The van der Waals surface area contributed by atoms with E-state index in [1.165, 1.54) is 0 Å². The second-order valence-corrected chi connectivity index (χ2v) is 2.57. The highest BCUT2D eigenvalue weighted by Crippen LogP contribution is 1.97. The van der Waals surface area contributed by atoms with E-state index in [0.717, 1.165) is 21.8 Å². The molecule has 11 heavy (non-hydrogen) atoms. The Morgan fingerprint density at radius 1 is 1.45 bits per heavy atom. The lowest BCUT2D eigenvalue weighted by molar-refractivity contribution is 1.26. The number of rotatable bonds is 0. The summed E-state index contributed by atoms with van der Waals surface area (Å²) in [6.45, 7) is 5.87. The third-order valence-electron chi connectivity index (χ3n) is 1.81. The Balaban J connectivity index is 3.03. The average Bonchev–Trinajstić information content (AvgIpc) is 2.34. The molecule has 0 radical (unpaired) electrons. The predicted octanol–water partition coefficient (Wildman–Crippen LogP) is 0.0525. The maximum absolute atomic E-state index is 4.16. The van der Waals surface area contributed by atoms with Crippen LogP contribution >= 0.6 is 0 Å². The van der Waals surface area contributed by atoms with Crippen LogP contribution in [0.15, 0.2) is 17.3 Å². The van der Waals surface area contributed by atoms with Crippen molar-refractivity contribution in [2.24, 2.45) is 4.99 Å². The zero-order valence-corrected chi connectivity index (χ0v) is 6.33. The second-order valence-electron chi connectivity index (χ2n) is 2.57. The maximum Gasteiger partial charge on any atom is 0.0908 e. The summed E-state index contributed by atoms with van der Waals surface area (Å²) in [5.74, 6) is 0. The molecule has 54 valence electrons. The summed E-state index contributed by atoms with van der Waals surface area (Å²) >= 11 is 0. The minimum absolute atomic E-state index is 0.940. The van der Waals surface area contributed by atoms with E-state index >= 15 is 0 Å². The van der Waals surface area contributed by atoms with E-state index < -0.39 is 0 Å². The molecule has 2 heterocycles. The minimum atomic E-state index is 0.940. The summed E-state index contributed by atoms with van der Waals surface area (Å²) < 4.78 is 0. The van der Waals surface area contributed by atoms with Gasteiger partial charge in [-0.1, -0.05) is 6.58 Å². The lowest BCUT2D eigenvalue weighted by atomic mass is 10.2. The predicted molar refractivity (Wildman–Crippen MR) is 45.7 cm³/mol. The van der Waals surface area contributed by atoms with Crippen molar-refractivity contribution in [3.63, 3.8) is 0 Å². The van der Waals surface area contributed by atoms with Crippen molar-refractivity contribution in [3.05, 3.63) is 28.4 Å². The van der Waals surface area contributed by atoms with E-state index in [4.69, 9.17) is 0 Å². The molecule has 1 aromatic rings. The van der Waals surface area contributed by atoms with E-state index in [0.29, 0.717) is 0 Å². The molecule has 0 spiro atoms. The van der Waals surface area contributed by atoms with Gasteiger partial charge in [0.05, 0.1) is 11.9 Å². The Morgan fingerprint density at radius 2 is 2.27 bits per heavy atom. The number of fused-ring (bicyclic) bond motifs is 1. The average molecular weight is 144 g/mol. The number of pyridine rings is 1. The van der Waals surface area contributed by atoms with Crippen LogP contribution in [0.2, 0.25) is 0 Å². The van der Waals surface area contributed by atoms with Gasteiger partial charge in [0, 0.05) is 17.1 Å². The Kier molecular flexibility index (Phi) is 1.15. The Hall–Kier alpha value is -1.44. The molecule has 0 N–H and O–H groups in total. The SMILES string of the molecule is C=c1ccnc2c1=C(C)N=C2. The van der Waals surface area contributed by atoms with E-state index in [-0.39, 0.29) is 0 Å². The van der Waals surface area contributed by atoms with Crippen LogP contribution in [0.25, 0.3) is 12.3 Å². The molecule has 2 nitrogen and oxygen atoms in total. The van der Waals surface area contributed by atoms with E-state index in [1.807, 2.05) is 13.0 Å². The summed E-state index contributed by atoms with van der Waals surface area (Å²) in [4.78, 5) is 8.31. The molecule has 0 saturated carbocycles. The topological polar surface area (TPSA) is 25.2 Å². The molecule has 0 aromatic carbocycles. The Morgan fingerprint density at radius 3 is 3.00 bits per heavy atom. The highest BCUT2D eigenvalue weighted by atomic mass is 14.8. The smallest absolute Gasteiger partial charge is 0.0908 e. The molecule has 1 aliphatic rings. The van der Waals surface area contributed by atoms with Crippen LogP contribution in [-0.2, 0) is 0 Å². The Bertz CT molecular complexity index is 429. The fraction of sp³-hybridized carbons (Fsp3) is 0.111. The van der Waals surface area contributed by atoms with Gasteiger partial charge in [-0.2, -0.15) is 0 Å². The lowest BCUT2D eigenvalue weighted by Gasteiger charge is -1.89. The first kappa shape index (κ1) is 6.28. The molecule has 0 amide bonds. The van der Waals surface area contributed by atoms with Gasteiger partial charge in [0.15, 0.2) is 0 Å². The summed E-state index contributed by atoms with van der Waals surface area (Å²) in [7, 11) is 0.